The van der Waals surface area contributed by atoms with Crippen molar-refractivity contribution < 1.29 is 106 Å². The van der Waals surface area contributed by atoms with E-state index in [-0.39, 0.29) is 34.8 Å². The van der Waals surface area contributed by atoms with E-state index < -0.39 is 25.7 Å². The summed E-state index contributed by atoms with van der Waals surface area (Å²) in [5.74, 6) is 0. The molecule has 0 fully saturated rings. The van der Waals surface area contributed by atoms with Gasteiger partial charge in [0.1, 0.15) is 14.1 Å². The molecule has 0 spiro atoms. The minimum atomic E-state index is -4.94. The molecule has 22 heteroatoms. The molecule has 2 rings (SSSR count). The summed E-state index contributed by atoms with van der Waals surface area (Å²) in [4.78, 5) is 23.3. The van der Waals surface area contributed by atoms with Gasteiger partial charge in [-0.05, 0) is 56.5 Å². The molecule has 0 aliphatic carbocycles. The van der Waals surface area contributed by atoms with Crippen LogP contribution in [0.15, 0.2) is 66.9 Å². The largest absolute Gasteiger partial charge is 1.00 e. The predicted octanol–water partition coefficient (Wildman–Crippen LogP) is -5.43. The Morgan fingerprint density at radius 1 is 0.848 bits per heavy atom. The maximum atomic E-state index is 10.4. The van der Waals surface area contributed by atoms with Crippen molar-refractivity contribution in [3.05, 3.63) is 78.0 Å². The number of halogens is 6. The van der Waals surface area contributed by atoms with Crippen LogP contribution in [0, 0.1) is 20.5 Å². The molecule has 2 aromatic carbocycles. The Hall–Kier alpha value is -0.560. The molecule has 0 bridgehead atoms. The van der Waals surface area contributed by atoms with Crippen LogP contribution in [0.1, 0.15) is 11.1 Å². The second-order valence-corrected chi connectivity index (χ2v) is 16.9. The molecule has 14 nitrogen and oxygen atoms in total. The third kappa shape index (κ3) is 70.0. The van der Waals surface area contributed by atoms with Crippen LogP contribution >= 0.6 is 50.5 Å². The van der Waals surface area contributed by atoms with Gasteiger partial charge in [-0.15, -0.1) is 10.2 Å². The summed E-state index contributed by atoms with van der Waals surface area (Å²) in [6.07, 6.45) is 5.31. The average molecular weight is 807 g/mol. The van der Waals surface area contributed by atoms with Crippen LogP contribution in [0.25, 0.3) is 5.57 Å². The van der Waals surface area contributed by atoms with Gasteiger partial charge in [-0.1, -0.05) is 60.7 Å². The van der Waals surface area contributed by atoms with Crippen LogP contribution in [0.2, 0.25) is 0 Å². The summed E-state index contributed by atoms with van der Waals surface area (Å²) >= 11 is 19.0. The fourth-order valence-corrected chi connectivity index (χ4v) is 2.28. The van der Waals surface area contributed by atoms with Gasteiger partial charge < -0.3 is 9.80 Å². The molecule has 0 aliphatic heterocycles. The molecule has 2 aromatic rings. The quantitative estimate of drug-likeness (QED) is 0.0719. The van der Waals surface area contributed by atoms with E-state index in [1.807, 2.05) is 64.6 Å². The average Bonchev–Trinajstić information content (AvgIpc) is 2.81. The van der Waals surface area contributed by atoms with Gasteiger partial charge in [0.25, 0.3) is 0 Å². The first-order chi connectivity index (χ1) is 20.1. The summed E-state index contributed by atoms with van der Waals surface area (Å²) in [6.45, 7) is 0. The summed E-state index contributed by atoms with van der Waals surface area (Å²) in [5, 5.41) is -3.54. The Balaban J connectivity index is -0.000000157. The molecule has 46 heavy (non-hydrogen) atoms. The van der Waals surface area contributed by atoms with Gasteiger partial charge in [0.05, 0.1) is 20.5 Å². The van der Waals surface area contributed by atoms with E-state index in [1.54, 1.807) is 14.1 Å². The second kappa shape index (κ2) is 30.5. The van der Waals surface area contributed by atoms with Gasteiger partial charge in [0.15, 0.2) is 6.21 Å². The molecule has 1 amide bonds. The first kappa shape index (κ1) is 54.9. The van der Waals surface area contributed by atoms with Crippen LogP contribution in [0.5, 0.6) is 0 Å². The van der Waals surface area contributed by atoms with Gasteiger partial charge in [-0.2, -0.15) is 14.0 Å². The number of amides is 1. The number of hydrogen-bond acceptors (Lipinski definition) is 12. The zero-order chi connectivity index (χ0) is 36.4. The van der Waals surface area contributed by atoms with Crippen molar-refractivity contribution in [2.45, 2.75) is 6.42 Å². The Labute approximate surface area is 314 Å². The Bertz CT molecular complexity index is 1130. The van der Waals surface area contributed by atoms with Gasteiger partial charge in [0, 0.05) is 40.8 Å². The Morgan fingerprint density at radius 3 is 1.39 bits per heavy atom. The van der Waals surface area contributed by atoms with E-state index in [4.69, 9.17) is 48.9 Å². The summed E-state index contributed by atoms with van der Waals surface area (Å²) in [7, 11) is 1.87. The first-order valence-electron chi connectivity index (χ1n) is 11.4. The number of carbonyl (C=O) groups excluding carboxylic acids is 2. The van der Waals surface area contributed by atoms with Crippen molar-refractivity contribution in [2.75, 3.05) is 42.3 Å². The van der Waals surface area contributed by atoms with Gasteiger partial charge in [-0.25, -0.2) is 23.2 Å². The SMILES string of the molecule is CN(C)/C=C(\C=[N+](C)C)c1ccccc1.CN(C)C=O.O=C(Cl)Cc1ccccc1.O=P(Cl)(Cl)Cl.[Na+].[O-][Cl+3]([O-])([O-])O.[O-][Cl+3]([O-])([O-])[O-]. The first-order valence-corrected chi connectivity index (χ1v) is 18.7. The summed E-state index contributed by atoms with van der Waals surface area (Å²) in [5.41, 5.74) is 3.41. The number of benzene rings is 2. The molecular weight excluding hydrogens is 773 g/mol. The van der Waals surface area contributed by atoms with Crippen LogP contribution in [0.4, 0.5) is 0 Å². The van der Waals surface area contributed by atoms with Crippen molar-refractivity contribution in [3.63, 3.8) is 0 Å². The molecule has 0 saturated carbocycles. The van der Waals surface area contributed by atoms with Crippen molar-refractivity contribution in [1.82, 2.24) is 9.80 Å². The number of nitrogens with zero attached hydrogens (tertiary/aromatic N) is 3. The fourth-order valence-electron chi connectivity index (χ4n) is 2.13. The molecule has 0 aliphatic rings. The third-order valence-corrected chi connectivity index (χ3v) is 3.43. The maximum Gasteiger partial charge on any atom is 1.00 e. The van der Waals surface area contributed by atoms with E-state index in [9.17, 15) is 14.2 Å². The van der Waals surface area contributed by atoms with Crippen LogP contribution in [0.3, 0.4) is 0 Å². The molecule has 0 heterocycles. The molecule has 0 atom stereocenters. The van der Waals surface area contributed by atoms with Crippen LogP contribution < -0.4 is 62.2 Å². The van der Waals surface area contributed by atoms with E-state index in [0.717, 1.165) is 12.0 Å². The van der Waals surface area contributed by atoms with Gasteiger partial charge >= 0.3 is 34.8 Å². The molecule has 1 N–H and O–H groups in total. The fraction of sp³-hybridized carbons (Fsp3) is 0.292. The summed E-state index contributed by atoms with van der Waals surface area (Å²) < 4.78 is 78.3. The van der Waals surface area contributed by atoms with E-state index in [1.165, 1.54) is 16.0 Å². The number of carbonyl (C=O) groups is 2. The second-order valence-electron chi connectivity index (χ2n) is 8.27. The number of rotatable bonds is 6. The topological polar surface area (TPSA) is 242 Å². The minimum absolute atomic E-state index is 0. The zero-order valence-corrected chi connectivity index (χ0v) is 33.2. The molecule has 0 radical (unpaired) electrons. The van der Waals surface area contributed by atoms with E-state index >= 15 is 0 Å². The van der Waals surface area contributed by atoms with Crippen LogP contribution in [-0.2, 0) is 20.6 Å². The minimum Gasteiger partial charge on any atom is -0.383 e. The molecular formula is C24H34Cl6N3NaO11P+. The van der Waals surface area contributed by atoms with E-state index in [2.05, 4.69) is 79.9 Å². The summed E-state index contributed by atoms with van der Waals surface area (Å²) in [6, 6.07) is 19.8. The van der Waals surface area contributed by atoms with E-state index in [0.29, 0.717) is 6.42 Å². The third-order valence-electron chi connectivity index (χ3n) is 3.30. The molecule has 0 saturated heterocycles. The number of hydrogen-bond donors (Lipinski definition) is 1. The van der Waals surface area contributed by atoms with Gasteiger partial charge in [-0.3, -0.25) is 14.2 Å². The smallest absolute Gasteiger partial charge is 0.383 e. The molecule has 0 unspecified atom stereocenters. The standard InChI is InChI=1S/C13H19N2.C8H7ClO.C3H7NO.Cl3OP.2ClHO4.Na/c1-14(2)10-13(11-15(3)4)12-8-6-5-7-9-12;9-8(10)6-7-4-2-1-3-5-7;1-4(2)3-5;1-5(2,3)4;2*2-1(3,4)5;/h5-11H,1-4H3;1-5H,6H2;3H,1-2H3;;2*(H,2,3,4,5);/q+1;;;;;;+1/p-1. The van der Waals surface area contributed by atoms with Crippen LogP contribution in [-0.4, -0.2) is 79.2 Å². The molecule has 0 aromatic heterocycles. The molecule has 258 valence electrons. The Morgan fingerprint density at radius 2 is 1.15 bits per heavy atom. The maximum absolute atomic E-state index is 10.4. The van der Waals surface area contributed by atoms with Gasteiger partial charge in [0.2, 0.25) is 11.7 Å². The zero-order valence-electron chi connectivity index (χ0n) is 25.8. The normalized spacial score (nSPS) is 10.3. The van der Waals surface area contributed by atoms with Crippen molar-refractivity contribution in [2.24, 2.45) is 0 Å². The van der Waals surface area contributed by atoms with Crippen molar-refractivity contribution >= 4 is 74.0 Å². The van der Waals surface area contributed by atoms with Crippen molar-refractivity contribution in [1.29, 1.82) is 0 Å². The van der Waals surface area contributed by atoms with Crippen molar-refractivity contribution in [3.8, 4) is 0 Å². The number of allylic oxidation sites excluding steroid dienone is 1. The predicted molar refractivity (Wildman–Crippen MR) is 154 cm³/mol. The monoisotopic (exact) mass is 804 g/mol. The Kier molecular flexibility index (Phi) is 36.4.